The minimum Gasteiger partial charge on any atom is -0.354 e. The lowest BCUT2D eigenvalue weighted by atomic mass is 10.1. The maximum absolute atomic E-state index is 13.2. The Balaban J connectivity index is 1.80. The van der Waals surface area contributed by atoms with Crippen molar-refractivity contribution in [1.29, 1.82) is 0 Å². The SMILES string of the molecule is O=C(Cc1ccccc1)NC[C@H](c1ccccc1)S(=O)(=O)c1ccccc1. The Labute approximate surface area is 159 Å². The van der Waals surface area contributed by atoms with Crippen LogP contribution in [0.25, 0.3) is 0 Å². The van der Waals surface area contributed by atoms with Crippen molar-refractivity contribution in [3.8, 4) is 0 Å². The molecular weight excluding hydrogens is 358 g/mol. The molecule has 138 valence electrons. The highest BCUT2D eigenvalue weighted by atomic mass is 32.2. The fraction of sp³-hybridized carbons (Fsp3) is 0.136. The molecule has 0 aromatic heterocycles. The van der Waals surface area contributed by atoms with Gasteiger partial charge in [0.25, 0.3) is 0 Å². The Morgan fingerprint density at radius 1 is 0.778 bits per heavy atom. The Hall–Kier alpha value is -2.92. The highest BCUT2D eigenvalue weighted by Gasteiger charge is 2.29. The Morgan fingerprint density at radius 2 is 1.30 bits per heavy atom. The topological polar surface area (TPSA) is 63.2 Å². The highest BCUT2D eigenvalue weighted by molar-refractivity contribution is 7.91. The average Bonchev–Trinajstić information content (AvgIpc) is 2.70. The molecule has 0 bridgehead atoms. The lowest BCUT2D eigenvalue weighted by molar-refractivity contribution is -0.120. The number of hydrogen-bond donors (Lipinski definition) is 1. The Morgan fingerprint density at radius 3 is 1.89 bits per heavy atom. The van der Waals surface area contributed by atoms with Crippen molar-refractivity contribution in [3.05, 3.63) is 102 Å². The van der Waals surface area contributed by atoms with Crippen molar-refractivity contribution in [2.45, 2.75) is 16.6 Å². The largest absolute Gasteiger partial charge is 0.354 e. The van der Waals surface area contributed by atoms with Crippen LogP contribution < -0.4 is 5.32 Å². The van der Waals surface area contributed by atoms with Gasteiger partial charge in [-0.15, -0.1) is 0 Å². The third-order valence-corrected chi connectivity index (χ3v) is 6.43. The molecule has 0 heterocycles. The van der Waals surface area contributed by atoms with E-state index in [9.17, 15) is 13.2 Å². The summed E-state index contributed by atoms with van der Waals surface area (Å²) < 4.78 is 26.3. The van der Waals surface area contributed by atoms with Gasteiger partial charge in [0, 0.05) is 6.54 Å². The summed E-state index contributed by atoms with van der Waals surface area (Å²) in [5.74, 6) is -0.203. The number of amides is 1. The third kappa shape index (κ3) is 4.83. The van der Waals surface area contributed by atoms with Crippen LogP contribution in [0.1, 0.15) is 16.4 Å². The average molecular weight is 379 g/mol. The van der Waals surface area contributed by atoms with Crippen molar-refractivity contribution in [3.63, 3.8) is 0 Å². The Kier molecular flexibility index (Phi) is 6.04. The molecule has 1 atom stereocenters. The smallest absolute Gasteiger partial charge is 0.224 e. The van der Waals surface area contributed by atoms with Crippen molar-refractivity contribution in [2.24, 2.45) is 0 Å². The summed E-state index contributed by atoms with van der Waals surface area (Å²) in [6.07, 6.45) is 0.216. The highest BCUT2D eigenvalue weighted by Crippen LogP contribution is 2.28. The van der Waals surface area contributed by atoms with Gasteiger partial charge < -0.3 is 5.32 Å². The van der Waals surface area contributed by atoms with Crippen LogP contribution in [0.5, 0.6) is 0 Å². The number of hydrogen-bond acceptors (Lipinski definition) is 3. The van der Waals surface area contributed by atoms with Crippen LogP contribution >= 0.6 is 0 Å². The molecule has 0 aliphatic heterocycles. The van der Waals surface area contributed by atoms with Gasteiger partial charge in [-0.3, -0.25) is 4.79 Å². The lowest BCUT2D eigenvalue weighted by Gasteiger charge is -2.19. The maximum atomic E-state index is 13.2. The fourth-order valence-electron chi connectivity index (χ4n) is 2.90. The first-order valence-corrected chi connectivity index (χ1v) is 10.3. The van der Waals surface area contributed by atoms with Crippen molar-refractivity contribution >= 4 is 15.7 Å². The van der Waals surface area contributed by atoms with E-state index in [-0.39, 0.29) is 23.8 Å². The molecule has 1 amide bonds. The van der Waals surface area contributed by atoms with Crippen LogP contribution in [-0.2, 0) is 21.1 Å². The molecule has 0 spiro atoms. The molecule has 0 aliphatic rings. The summed E-state index contributed by atoms with van der Waals surface area (Å²) in [6, 6.07) is 26.7. The molecule has 0 unspecified atom stereocenters. The second-order valence-corrected chi connectivity index (χ2v) is 8.35. The van der Waals surface area contributed by atoms with Gasteiger partial charge in [-0.05, 0) is 23.3 Å². The zero-order valence-corrected chi connectivity index (χ0v) is 15.6. The van der Waals surface area contributed by atoms with Gasteiger partial charge in [0.05, 0.1) is 11.3 Å². The van der Waals surface area contributed by atoms with Gasteiger partial charge in [0.1, 0.15) is 5.25 Å². The number of sulfone groups is 1. The Bertz CT molecular complexity index is 972. The predicted molar refractivity (Wildman–Crippen MR) is 106 cm³/mol. The van der Waals surface area contributed by atoms with Crippen molar-refractivity contribution in [2.75, 3.05) is 6.54 Å². The summed E-state index contributed by atoms with van der Waals surface area (Å²) in [6.45, 7) is 0.0207. The molecule has 3 rings (SSSR count). The molecule has 0 aliphatic carbocycles. The minimum atomic E-state index is -3.64. The zero-order valence-electron chi connectivity index (χ0n) is 14.8. The summed E-state index contributed by atoms with van der Waals surface area (Å²) in [4.78, 5) is 12.6. The number of rotatable bonds is 7. The van der Waals surface area contributed by atoms with E-state index in [1.807, 2.05) is 36.4 Å². The lowest BCUT2D eigenvalue weighted by Crippen LogP contribution is -2.32. The zero-order chi connectivity index (χ0) is 19.1. The van der Waals surface area contributed by atoms with Crippen molar-refractivity contribution in [1.82, 2.24) is 5.32 Å². The first kappa shape index (κ1) is 18.9. The van der Waals surface area contributed by atoms with Gasteiger partial charge in [0.2, 0.25) is 5.91 Å². The number of carbonyl (C=O) groups excluding carboxylic acids is 1. The van der Waals surface area contributed by atoms with Gasteiger partial charge >= 0.3 is 0 Å². The second kappa shape index (κ2) is 8.64. The van der Waals surface area contributed by atoms with Gasteiger partial charge in [0.15, 0.2) is 9.84 Å². The number of carbonyl (C=O) groups is 1. The van der Waals surface area contributed by atoms with Crippen LogP contribution in [0.3, 0.4) is 0 Å². The first-order chi connectivity index (χ1) is 13.1. The molecule has 3 aromatic carbocycles. The van der Waals surface area contributed by atoms with E-state index >= 15 is 0 Å². The summed E-state index contributed by atoms with van der Waals surface area (Å²) in [5, 5.41) is 1.94. The van der Waals surface area contributed by atoms with E-state index in [4.69, 9.17) is 0 Å². The van der Waals surface area contributed by atoms with Crippen LogP contribution in [0.15, 0.2) is 95.9 Å². The number of benzene rings is 3. The van der Waals surface area contributed by atoms with E-state index in [1.54, 1.807) is 54.6 Å². The molecule has 1 N–H and O–H groups in total. The summed E-state index contributed by atoms with van der Waals surface area (Å²) >= 11 is 0. The third-order valence-electron chi connectivity index (χ3n) is 4.31. The summed E-state index contributed by atoms with van der Waals surface area (Å²) in [7, 11) is -3.64. The molecule has 4 nitrogen and oxygen atoms in total. The maximum Gasteiger partial charge on any atom is 0.224 e. The molecule has 0 saturated carbocycles. The van der Waals surface area contributed by atoms with Gasteiger partial charge in [-0.1, -0.05) is 78.9 Å². The molecule has 5 heteroatoms. The molecule has 0 saturated heterocycles. The standard InChI is InChI=1S/C22H21NO3S/c24-22(16-18-10-4-1-5-11-18)23-17-21(19-12-6-2-7-13-19)27(25,26)20-14-8-3-9-15-20/h1-15,21H,16-17H2,(H,23,24)/t21-/m1/s1. The van der Waals surface area contributed by atoms with E-state index in [1.165, 1.54) is 0 Å². The second-order valence-electron chi connectivity index (χ2n) is 6.22. The predicted octanol–water partition coefficient (Wildman–Crippen LogP) is 3.56. The molecule has 3 aromatic rings. The molecule has 0 fully saturated rings. The van der Waals surface area contributed by atoms with Crippen LogP contribution in [0.2, 0.25) is 0 Å². The van der Waals surface area contributed by atoms with E-state index in [2.05, 4.69) is 5.32 Å². The van der Waals surface area contributed by atoms with Crippen LogP contribution in [-0.4, -0.2) is 20.9 Å². The number of nitrogens with one attached hydrogen (secondary N) is 1. The monoisotopic (exact) mass is 379 g/mol. The van der Waals surface area contributed by atoms with E-state index in [0.29, 0.717) is 5.56 Å². The molecule has 0 radical (unpaired) electrons. The minimum absolute atomic E-state index is 0.0207. The quantitative estimate of drug-likeness (QED) is 0.683. The van der Waals surface area contributed by atoms with Crippen LogP contribution in [0.4, 0.5) is 0 Å². The summed E-state index contributed by atoms with van der Waals surface area (Å²) in [5.41, 5.74) is 1.54. The molecular formula is C22H21NO3S. The van der Waals surface area contributed by atoms with Gasteiger partial charge in [-0.25, -0.2) is 8.42 Å². The van der Waals surface area contributed by atoms with Crippen LogP contribution in [0, 0.1) is 0 Å². The van der Waals surface area contributed by atoms with E-state index in [0.717, 1.165) is 5.56 Å². The first-order valence-electron chi connectivity index (χ1n) is 8.72. The molecule has 27 heavy (non-hydrogen) atoms. The van der Waals surface area contributed by atoms with Gasteiger partial charge in [-0.2, -0.15) is 0 Å². The fourth-order valence-corrected chi connectivity index (χ4v) is 4.58. The normalized spacial score (nSPS) is 12.3. The van der Waals surface area contributed by atoms with Crippen molar-refractivity contribution < 1.29 is 13.2 Å². The van der Waals surface area contributed by atoms with E-state index < -0.39 is 15.1 Å².